The Balaban J connectivity index is 2.41. The van der Waals surface area contributed by atoms with E-state index < -0.39 is 5.60 Å². The van der Waals surface area contributed by atoms with E-state index in [0.29, 0.717) is 12.5 Å². The van der Waals surface area contributed by atoms with Gasteiger partial charge in [0.1, 0.15) is 0 Å². The molecule has 0 bridgehead atoms. The van der Waals surface area contributed by atoms with E-state index in [9.17, 15) is 5.11 Å². The van der Waals surface area contributed by atoms with Crippen molar-refractivity contribution in [2.24, 2.45) is 11.8 Å². The zero-order valence-electron chi connectivity index (χ0n) is 11.3. The minimum absolute atomic E-state index is 0.217. The van der Waals surface area contributed by atoms with Gasteiger partial charge in [-0.2, -0.15) is 0 Å². The number of ether oxygens (including phenoxy) is 1. The normalized spacial score (nSPS) is 31.3. The van der Waals surface area contributed by atoms with Crippen LogP contribution in [0.5, 0.6) is 0 Å². The fourth-order valence-corrected chi connectivity index (χ4v) is 2.78. The topological polar surface area (TPSA) is 29.5 Å². The fourth-order valence-electron chi connectivity index (χ4n) is 2.78. The van der Waals surface area contributed by atoms with E-state index in [4.69, 9.17) is 4.74 Å². The first-order valence-corrected chi connectivity index (χ1v) is 6.75. The number of aliphatic hydroxyl groups is 1. The van der Waals surface area contributed by atoms with Crippen molar-refractivity contribution in [3.63, 3.8) is 0 Å². The molecule has 2 atom stereocenters. The molecule has 1 aliphatic carbocycles. The molecule has 1 rings (SSSR count). The van der Waals surface area contributed by atoms with Crippen molar-refractivity contribution in [2.75, 3.05) is 6.61 Å². The number of rotatable bonds is 5. The summed E-state index contributed by atoms with van der Waals surface area (Å²) in [6.07, 6.45) is 5.72. The third kappa shape index (κ3) is 4.84. The molecule has 2 nitrogen and oxygen atoms in total. The van der Waals surface area contributed by atoms with Crippen molar-refractivity contribution in [2.45, 2.75) is 71.5 Å². The van der Waals surface area contributed by atoms with Crippen molar-refractivity contribution in [1.82, 2.24) is 0 Å². The van der Waals surface area contributed by atoms with Crippen LogP contribution in [0.3, 0.4) is 0 Å². The molecule has 2 unspecified atom stereocenters. The molecule has 0 aliphatic heterocycles. The molecule has 0 radical (unpaired) electrons. The molecule has 0 spiro atoms. The summed E-state index contributed by atoms with van der Waals surface area (Å²) in [6.45, 7) is 9.09. The van der Waals surface area contributed by atoms with Gasteiger partial charge in [0.2, 0.25) is 0 Å². The third-order valence-corrected chi connectivity index (χ3v) is 3.41. The van der Waals surface area contributed by atoms with Crippen LogP contribution in [0.1, 0.15) is 59.8 Å². The van der Waals surface area contributed by atoms with E-state index in [1.165, 1.54) is 12.8 Å². The molecule has 0 aromatic carbocycles. The Morgan fingerprint density at radius 3 is 2.56 bits per heavy atom. The van der Waals surface area contributed by atoms with Crippen LogP contribution in [0.4, 0.5) is 0 Å². The van der Waals surface area contributed by atoms with E-state index in [1.807, 2.05) is 13.8 Å². The van der Waals surface area contributed by atoms with Crippen LogP contribution in [0.25, 0.3) is 0 Å². The van der Waals surface area contributed by atoms with Gasteiger partial charge in [-0.3, -0.25) is 0 Å². The highest BCUT2D eigenvalue weighted by Crippen LogP contribution is 2.36. The lowest BCUT2D eigenvalue weighted by molar-refractivity contribution is -0.0955. The van der Waals surface area contributed by atoms with Gasteiger partial charge in [0.25, 0.3) is 0 Å². The van der Waals surface area contributed by atoms with Gasteiger partial charge in [0.15, 0.2) is 0 Å². The maximum Gasteiger partial charge on any atom is 0.0882 e. The van der Waals surface area contributed by atoms with Crippen LogP contribution < -0.4 is 0 Å². The van der Waals surface area contributed by atoms with E-state index in [2.05, 4.69) is 13.8 Å². The van der Waals surface area contributed by atoms with Crippen molar-refractivity contribution in [3.05, 3.63) is 0 Å². The summed E-state index contributed by atoms with van der Waals surface area (Å²) in [6, 6.07) is 0. The molecule has 0 aromatic heterocycles. The second kappa shape index (κ2) is 6.02. The Morgan fingerprint density at radius 1 is 1.31 bits per heavy atom. The average molecular weight is 228 g/mol. The quantitative estimate of drug-likeness (QED) is 0.781. The van der Waals surface area contributed by atoms with E-state index >= 15 is 0 Å². The van der Waals surface area contributed by atoms with Crippen molar-refractivity contribution >= 4 is 0 Å². The highest BCUT2D eigenvalue weighted by molar-refractivity contribution is 4.86. The fraction of sp³-hybridized carbons (Fsp3) is 1.00. The van der Waals surface area contributed by atoms with Gasteiger partial charge in [-0.1, -0.05) is 26.7 Å². The lowest BCUT2D eigenvalue weighted by Gasteiger charge is -2.37. The molecule has 1 N–H and O–H groups in total. The van der Waals surface area contributed by atoms with Crippen molar-refractivity contribution in [3.8, 4) is 0 Å². The van der Waals surface area contributed by atoms with Crippen LogP contribution >= 0.6 is 0 Å². The second-order valence-corrected chi connectivity index (χ2v) is 6.18. The maximum absolute atomic E-state index is 10.5. The van der Waals surface area contributed by atoms with E-state index in [1.54, 1.807) is 0 Å². The summed E-state index contributed by atoms with van der Waals surface area (Å²) in [5.74, 6) is 1.42. The zero-order chi connectivity index (χ0) is 12.2. The van der Waals surface area contributed by atoms with Crippen LogP contribution in [0.2, 0.25) is 0 Å². The zero-order valence-corrected chi connectivity index (χ0v) is 11.3. The summed E-state index contributed by atoms with van der Waals surface area (Å²) in [5, 5.41) is 10.5. The lowest BCUT2D eigenvalue weighted by atomic mass is 9.75. The Kier molecular flexibility index (Phi) is 5.26. The molecule has 1 aliphatic rings. The van der Waals surface area contributed by atoms with Crippen molar-refractivity contribution < 1.29 is 9.84 Å². The maximum atomic E-state index is 10.5. The van der Waals surface area contributed by atoms with Crippen LogP contribution in [0, 0.1) is 11.8 Å². The number of hydrogen-bond donors (Lipinski definition) is 1. The molecule has 0 aromatic rings. The van der Waals surface area contributed by atoms with Crippen LogP contribution in [0.15, 0.2) is 0 Å². The standard InChI is InChI=1S/C14H28O2/c1-11(2)8-13-6-5-7-14(15,9-13)10-16-12(3)4/h11-13,15H,5-10H2,1-4H3. The van der Waals surface area contributed by atoms with Gasteiger partial charge in [0, 0.05) is 0 Å². The van der Waals surface area contributed by atoms with E-state index in [0.717, 1.165) is 25.2 Å². The molecule has 0 saturated heterocycles. The molecular weight excluding hydrogens is 200 g/mol. The largest absolute Gasteiger partial charge is 0.387 e. The molecule has 1 saturated carbocycles. The summed E-state index contributed by atoms with van der Waals surface area (Å²) < 4.78 is 5.59. The van der Waals surface area contributed by atoms with Crippen LogP contribution in [-0.2, 0) is 4.74 Å². The van der Waals surface area contributed by atoms with Crippen LogP contribution in [-0.4, -0.2) is 23.4 Å². The molecule has 0 heterocycles. The Hall–Kier alpha value is -0.0800. The molecule has 1 fully saturated rings. The SMILES string of the molecule is CC(C)CC1CCCC(O)(COC(C)C)C1. The minimum Gasteiger partial charge on any atom is -0.387 e. The van der Waals surface area contributed by atoms with Gasteiger partial charge < -0.3 is 9.84 Å². The summed E-state index contributed by atoms with van der Waals surface area (Å²) in [7, 11) is 0. The Bertz CT molecular complexity index is 201. The van der Waals surface area contributed by atoms with Gasteiger partial charge in [-0.05, 0) is 44.9 Å². The van der Waals surface area contributed by atoms with Crippen molar-refractivity contribution in [1.29, 1.82) is 0 Å². The minimum atomic E-state index is -0.553. The molecule has 0 amide bonds. The van der Waals surface area contributed by atoms with Gasteiger partial charge in [-0.15, -0.1) is 0 Å². The second-order valence-electron chi connectivity index (χ2n) is 6.18. The van der Waals surface area contributed by atoms with E-state index in [-0.39, 0.29) is 6.10 Å². The Morgan fingerprint density at radius 2 is 2.00 bits per heavy atom. The smallest absolute Gasteiger partial charge is 0.0882 e. The molecule has 96 valence electrons. The predicted molar refractivity (Wildman–Crippen MR) is 67.5 cm³/mol. The third-order valence-electron chi connectivity index (χ3n) is 3.41. The first kappa shape index (κ1) is 14.0. The molecular formula is C14H28O2. The Labute approximate surface area is 100 Å². The van der Waals surface area contributed by atoms with Gasteiger partial charge in [-0.25, -0.2) is 0 Å². The summed E-state index contributed by atoms with van der Waals surface area (Å²) >= 11 is 0. The first-order valence-electron chi connectivity index (χ1n) is 6.75. The highest BCUT2D eigenvalue weighted by Gasteiger charge is 2.34. The number of hydrogen-bond acceptors (Lipinski definition) is 2. The molecule has 2 heteroatoms. The average Bonchev–Trinajstić information content (AvgIpc) is 2.14. The molecule has 16 heavy (non-hydrogen) atoms. The predicted octanol–water partition coefficient (Wildman–Crippen LogP) is 3.38. The van der Waals surface area contributed by atoms with Gasteiger partial charge >= 0.3 is 0 Å². The summed E-state index contributed by atoms with van der Waals surface area (Å²) in [4.78, 5) is 0. The summed E-state index contributed by atoms with van der Waals surface area (Å²) in [5.41, 5.74) is -0.553. The first-order chi connectivity index (χ1) is 7.41. The van der Waals surface area contributed by atoms with Gasteiger partial charge in [0.05, 0.1) is 18.3 Å². The highest BCUT2D eigenvalue weighted by atomic mass is 16.5. The lowest BCUT2D eigenvalue weighted by Crippen LogP contribution is -2.40. The monoisotopic (exact) mass is 228 g/mol.